The molecule has 0 radical (unpaired) electrons. The Morgan fingerprint density at radius 1 is 1.06 bits per heavy atom. The van der Waals surface area contributed by atoms with Crippen LogP contribution in [0.15, 0.2) is 52.3 Å². The molecule has 0 heterocycles. The van der Waals surface area contributed by atoms with Gasteiger partial charge in [-0.2, -0.15) is 0 Å². The van der Waals surface area contributed by atoms with Gasteiger partial charge in [0.1, 0.15) is 0 Å². The summed E-state index contributed by atoms with van der Waals surface area (Å²) in [6, 6.07) is 13.8. The van der Waals surface area contributed by atoms with Crippen LogP contribution in [0.5, 0.6) is 0 Å². The monoisotopic (exact) mass is 297 g/mol. The smallest absolute Gasteiger partial charge is 0.0603 e. The maximum absolute atomic E-state index is 6.01. The Kier molecular flexibility index (Phi) is 4.57. The molecule has 2 aromatic rings. The van der Waals surface area contributed by atoms with Crippen molar-refractivity contribution >= 4 is 35.0 Å². The minimum Gasteiger partial charge on any atom is -0.324 e. The summed E-state index contributed by atoms with van der Waals surface area (Å²) in [6.45, 7) is 1.98. The van der Waals surface area contributed by atoms with E-state index in [1.165, 1.54) is 0 Å². The lowest BCUT2D eigenvalue weighted by atomic mass is 10.1. The quantitative estimate of drug-likeness (QED) is 0.846. The highest BCUT2D eigenvalue weighted by Crippen LogP contribution is 2.35. The van der Waals surface area contributed by atoms with Crippen LogP contribution in [0.25, 0.3) is 0 Å². The van der Waals surface area contributed by atoms with E-state index in [4.69, 9.17) is 28.9 Å². The van der Waals surface area contributed by atoms with Crippen LogP contribution in [-0.2, 0) is 0 Å². The molecule has 1 nitrogen and oxygen atoms in total. The van der Waals surface area contributed by atoms with E-state index in [-0.39, 0.29) is 6.04 Å². The summed E-state index contributed by atoms with van der Waals surface area (Å²) in [4.78, 5) is 2.20. The second-order valence-corrected chi connectivity index (χ2v) is 5.93. The van der Waals surface area contributed by atoms with E-state index in [2.05, 4.69) is 6.07 Å². The molecule has 1 atom stereocenters. The second kappa shape index (κ2) is 5.98. The molecule has 4 heteroatoms. The minimum absolute atomic E-state index is 0.0106. The van der Waals surface area contributed by atoms with Crippen LogP contribution < -0.4 is 5.73 Å². The highest BCUT2D eigenvalue weighted by Gasteiger charge is 2.08. The average molecular weight is 298 g/mol. The molecule has 94 valence electrons. The lowest BCUT2D eigenvalue weighted by Crippen LogP contribution is -2.05. The highest BCUT2D eigenvalue weighted by molar-refractivity contribution is 7.99. The number of rotatable bonds is 3. The van der Waals surface area contributed by atoms with E-state index >= 15 is 0 Å². The van der Waals surface area contributed by atoms with Crippen molar-refractivity contribution in [2.24, 2.45) is 5.73 Å². The fraction of sp³-hybridized carbons (Fsp3) is 0.143. The van der Waals surface area contributed by atoms with Crippen LogP contribution in [0.3, 0.4) is 0 Å². The summed E-state index contributed by atoms with van der Waals surface area (Å²) >= 11 is 13.6. The maximum Gasteiger partial charge on any atom is 0.0603 e. The van der Waals surface area contributed by atoms with E-state index in [0.717, 1.165) is 15.4 Å². The first-order valence-electron chi connectivity index (χ1n) is 5.55. The van der Waals surface area contributed by atoms with Crippen molar-refractivity contribution in [1.29, 1.82) is 0 Å². The topological polar surface area (TPSA) is 26.0 Å². The first kappa shape index (κ1) is 13.8. The number of hydrogen-bond acceptors (Lipinski definition) is 2. The zero-order valence-corrected chi connectivity index (χ0v) is 12.2. The third kappa shape index (κ3) is 3.21. The molecule has 0 aliphatic carbocycles. The molecule has 18 heavy (non-hydrogen) atoms. The standard InChI is InChI=1S/C14H13Cl2NS/c1-9(17)11-4-2-3-5-14(11)18-10-6-7-12(15)13(16)8-10/h2-9H,17H2,1H3/t9-/m0/s1. The largest absolute Gasteiger partial charge is 0.324 e. The molecule has 0 aliphatic rings. The Bertz CT molecular complexity index is 555. The van der Waals surface area contributed by atoms with Crippen molar-refractivity contribution in [3.05, 3.63) is 58.1 Å². The lowest BCUT2D eigenvalue weighted by molar-refractivity contribution is 0.797. The van der Waals surface area contributed by atoms with Crippen molar-refractivity contribution in [2.45, 2.75) is 22.8 Å². The number of hydrogen-bond donors (Lipinski definition) is 1. The molecule has 0 unspecified atom stereocenters. The van der Waals surface area contributed by atoms with Gasteiger partial charge in [-0.25, -0.2) is 0 Å². The van der Waals surface area contributed by atoms with Crippen LogP contribution in [0.4, 0.5) is 0 Å². The third-order valence-corrected chi connectivity index (χ3v) is 4.35. The van der Waals surface area contributed by atoms with Crippen molar-refractivity contribution in [2.75, 3.05) is 0 Å². The molecule has 0 fully saturated rings. The van der Waals surface area contributed by atoms with Gasteiger partial charge in [-0.15, -0.1) is 0 Å². The van der Waals surface area contributed by atoms with Crippen molar-refractivity contribution < 1.29 is 0 Å². The molecule has 2 rings (SSSR count). The van der Waals surface area contributed by atoms with Gasteiger partial charge >= 0.3 is 0 Å². The number of nitrogens with two attached hydrogens (primary N) is 1. The normalized spacial score (nSPS) is 12.4. The third-order valence-electron chi connectivity index (χ3n) is 2.53. The summed E-state index contributed by atoms with van der Waals surface area (Å²) < 4.78 is 0. The van der Waals surface area contributed by atoms with Gasteiger partial charge in [0.15, 0.2) is 0 Å². The van der Waals surface area contributed by atoms with E-state index in [1.54, 1.807) is 17.8 Å². The molecule has 0 saturated carbocycles. The van der Waals surface area contributed by atoms with Gasteiger partial charge in [-0.1, -0.05) is 53.2 Å². The molecule has 0 aliphatic heterocycles. The summed E-state index contributed by atoms with van der Waals surface area (Å²) in [6.07, 6.45) is 0. The molecule has 0 amide bonds. The SMILES string of the molecule is C[C@H](N)c1ccccc1Sc1ccc(Cl)c(Cl)c1. The zero-order chi connectivity index (χ0) is 13.1. The molecule has 0 aromatic heterocycles. The first-order valence-corrected chi connectivity index (χ1v) is 7.12. The molecule has 0 saturated heterocycles. The minimum atomic E-state index is 0.0106. The second-order valence-electron chi connectivity index (χ2n) is 4.00. The Balaban J connectivity index is 2.31. The van der Waals surface area contributed by atoms with Gasteiger partial charge < -0.3 is 5.73 Å². The summed E-state index contributed by atoms with van der Waals surface area (Å²) in [5, 5.41) is 1.14. The fourth-order valence-electron chi connectivity index (χ4n) is 1.62. The predicted octanol–water partition coefficient (Wildman–Crippen LogP) is 5.16. The Morgan fingerprint density at radius 2 is 1.78 bits per heavy atom. The number of benzene rings is 2. The molecule has 2 N–H and O–H groups in total. The van der Waals surface area contributed by atoms with Crippen LogP contribution in [0.2, 0.25) is 10.0 Å². The van der Waals surface area contributed by atoms with E-state index in [0.29, 0.717) is 10.0 Å². The van der Waals surface area contributed by atoms with Crippen LogP contribution in [0.1, 0.15) is 18.5 Å². The molecule has 0 spiro atoms. The fourth-order valence-corrected chi connectivity index (χ4v) is 3.06. The van der Waals surface area contributed by atoms with E-state index in [9.17, 15) is 0 Å². The summed E-state index contributed by atoms with van der Waals surface area (Å²) in [7, 11) is 0. The number of halogens is 2. The predicted molar refractivity (Wildman–Crippen MR) is 79.6 cm³/mol. The zero-order valence-electron chi connectivity index (χ0n) is 9.86. The molecular weight excluding hydrogens is 285 g/mol. The van der Waals surface area contributed by atoms with Gasteiger partial charge in [-0.3, -0.25) is 0 Å². The average Bonchev–Trinajstić information content (AvgIpc) is 2.34. The van der Waals surface area contributed by atoms with E-state index < -0.39 is 0 Å². The maximum atomic E-state index is 6.01. The molecular formula is C14H13Cl2NS. The highest BCUT2D eigenvalue weighted by atomic mass is 35.5. The van der Waals surface area contributed by atoms with Crippen molar-refractivity contribution in [3.8, 4) is 0 Å². The van der Waals surface area contributed by atoms with Crippen LogP contribution in [-0.4, -0.2) is 0 Å². The van der Waals surface area contributed by atoms with Gasteiger partial charge in [0.25, 0.3) is 0 Å². The van der Waals surface area contributed by atoms with Gasteiger partial charge in [-0.05, 0) is 36.8 Å². The molecule has 0 bridgehead atoms. The van der Waals surface area contributed by atoms with Gasteiger partial charge in [0, 0.05) is 15.8 Å². The summed E-state index contributed by atoms with van der Waals surface area (Å²) in [5.41, 5.74) is 7.09. The van der Waals surface area contributed by atoms with Gasteiger partial charge in [0.05, 0.1) is 10.0 Å². The van der Waals surface area contributed by atoms with Crippen LogP contribution in [0, 0.1) is 0 Å². The van der Waals surface area contributed by atoms with Crippen molar-refractivity contribution in [1.82, 2.24) is 0 Å². The lowest BCUT2D eigenvalue weighted by Gasteiger charge is -2.12. The molecule has 2 aromatic carbocycles. The summed E-state index contributed by atoms with van der Waals surface area (Å²) in [5.74, 6) is 0. The van der Waals surface area contributed by atoms with Gasteiger partial charge in [0.2, 0.25) is 0 Å². The van der Waals surface area contributed by atoms with Crippen LogP contribution >= 0.6 is 35.0 Å². The Labute approximate surface area is 121 Å². The Hall–Kier alpha value is -0.670. The van der Waals surface area contributed by atoms with E-state index in [1.807, 2.05) is 37.3 Å². The Morgan fingerprint density at radius 3 is 2.44 bits per heavy atom. The first-order chi connectivity index (χ1) is 8.58. The van der Waals surface area contributed by atoms with Crippen molar-refractivity contribution in [3.63, 3.8) is 0 Å².